The first-order valence-electron chi connectivity index (χ1n) is 10.6. The minimum absolute atomic E-state index is 0.0127. The van der Waals surface area contributed by atoms with Gasteiger partial charge in [-0.15, -0.1) is 0 Å². The summed E-state index contributed by atoms with van der Waals surface area (Å²) >= 11 is 0. The molecular formula is C23H26F3N5O. The number of hydrogen-bond donors (Lipinski definition) is 3. The maximum absolute atomic E-state index is 14.1. The number of carbonyl (C=O) groups is 1. The lowest BCUT2D eigenvalue weighted by Gasteiger charge is -2.35. The Bertz CT molecular complexity index is 1080. The lowest BCUT2D eigenvalue weighted by atomic mass is 9.71. The summed E-state index contributed by atoms with van der Waals surface area (Å²) in [7, 11) is 1.74. The van der Waals surface area contributed by atoms with Gasteiger partial charge < -0.3 is 11.1 Å². The third kappa shape index (κ3) is 4.21. The number of nitrogens with zero attached hydrogens (tertiary/aromatic N) is 2. The molecule has 170 valence electrons. The Balaban J connectivity index is 1.64. The normalized spacial score (nSPS) is 18.2. The number of likely N-dealkylation sites (N-methyl/N-ethyl adjacent to an activating group) is 1. The second kappa shape index (κ2) is 8.54. The molecule has 3 atom stereocenters. The van der Waals surface area contributed by atoms with Crippen LogP contribution in [-0.4, -0.2) is 40.4 Å². The van der Waals surface area contributed by atoms with Crippen LogP contribution in [0.1, 0.15) is 36.3 Å². The van der Waals surface area contributed by atoms with Crippen molar-refractivity contribution in [2.24, 2.45) is 17.1 Å². The highest BCUT2D eigenvalue weighted by Gasteiger charge is 2.69. The molecule has 1 aliphatic carbocycles. The Morgan fingerprint density at radius 3 is 2.66 bits per heavy atom. The predicted octanol–water partition coefficient (Wildman–Crippen LogP) is 3.71. The fraction of sp³-hybridized carbons (Fsp3) is 0.435. The SMILES string of the molecule is CN[C@H](Cc1ccc2[nH]ncc2c1)CC(C(N)=O)C(c1cccnc1)C1(C(F)(F)F)CC1. The van der Waals surface area contributed by atoms with Gasteiger partial charge in [0.1, 0.15) is 0 Å². The monoisotopic (exact) mass is 445 g/mol. The van der Waals surface area contributed by atoms with Crippen LogP contribution in [0, 0.1) is 11.3 Å². The number of aromatic amines is 1. The van der Waals surface area contributed by atoms with E-state index in [1.165, 1.54) is 12.4 Å². The minimum Gasteiger partial charge on any atom is -0.369 e. The van der Waals surface area contributed by atoms with Crippen molar-refractivity contribution < 1.29 is 18.0 Å². The van der Waals surface area contributed by atoms with Crippen molar-refractivity contribution in [1.82, 2.24) is 20.5 Å². The molecule has 0 radical (unpaired) electrons. The average molecular weight is 445 g/mol. The molecule has 1 aromatic carbocycles. The van der Waals surface area contributed by atoms with Crippen LogP contribution in [0.3, 0.4) is 0 Å². The number of benzene rings is 1. The van der Waals surface area contributed by atoms with E-state index in [1.54, 1.807) is 25.4 Å². The molecular weight excluding hydrogens is 419 g/mol. The second-order valence-corrected chi connectivity index (χ2v) is 8.64. The van der Waals surface area contributed by atoms with Crippen LogP contribution >= 0.6 is 0 Å². The number of fused-ring (bicyclic) bond motifs is 1. The van der Waals surface area contributed by atoms with Crippen LogP contribution in [-0.2, 0) is 11.2 Å². The summed E-state index contributed by atoms with van der Waals surface area (Å²) < 4.78 is 42.4. The first kappa shape index (κ1) is 22.3. The average Bonchev–Trinajstić information content (AvgIpc) is 3.44. The Morgan fingerprint density at radius 2 is 2.06 bits per heavy atom. The van der Waals surface area contributed by atoms with Crippen molar-refractivity contribution in [3.8, 4) is 0 Å². The fourth-order valence-electron chi connectivity index (χ4n) is 4.83. The number of primary amides is 1. The first-order chi connectivity index (χ1) is 15.2. The maximum Gasteiger partial charge on any atom is 0.395 e. The first-order valence-corrected chi connectivity index (χ1v) is 10.6. The van der Waals surface area contributed by atoms with E-state index in [2.05, 4.69) is 20.5 Å². The summed E-state index contributed by atoms with van der Waals surface area (Å²) in [5, 5.41) is 11.0. The molecule has 1 amide bonds. The molecule has 2 aromatic heterocycles. The third-order valence-corrected chi connectivity index (χ3v) is 6.69. The van der Waals surface area contributed by atoms with Crippen LogP contribution in [0.5, 0.6) is 0 Å². The van der Waals surface area contributed by atoms with Crippen molar-refractivity contribution in [1.29, 1.82) is 0 Å². The molecule has 0 saturated heterocycles. The van der Waals surface area contributed by atoms with E-state index < -0.39 is 29.3 Å². The van der Waals surface area contributed by atoms with Gasteiger partial charge in [-0.2, -0.15) is 18.3 Å². The zero-order valence-corrected chi connectivity index (χ0v) is 17.7. The molecule has 0 aliphatic heterocycles. The number of aromatic nitrogens is 3. The lowest BCUT2D eigenvalue weighted by molar-refractivity contribution is -0.198. The quantitative estimate of drug-likeness (QED) is 0.468. The van der Waals surface area contributed by atoms with Gasteiger partial charge in [0.2, 0.25) is 5.91 Å². The number of hydrogen-bond acceptors (Lipinski definition) is 4. The number of halogens is 3. The van der Waals surface area contributed by atoms with Crippen LogP contribution in [0.4, 0.5) is 13.2 Å². The van der Waals surface area contributed by atoms with Crippen molar-refractivity contribution >= 4 is 16.8 Å². The van der Waals surface area contributed by atoms with E-state index in [1.807, 2.05) is 18.2 Å². The Morgan fingerprint density at radius 1 is 1.28 bits per heavy atom. The summed E-state index contributed by atoms with van der Waals surface area (Å²) in [6.07, 6.45) is 0.930. The zero-order chi connectivity index (χ0) is 22.9. The highest BCUT2D eigenvalue weighted by molar-refractivity contribution is 5.79. The Kier molecular flexibility index (Phi) is 5.94. The lowest BCUT2D eigenvalue weighted by Crippen LogP contribution is -2.43. The molecule has 4 rings (SSSR count). The van der Waals surface area contributed by atoms with Crippen molar-refractivity contribution in [2.45, 2.75) is 43.8 Å². The fourth-order valence-corrected chi connectivity index (χ4v) is 4.83. The molecule has 2 heterocycles. The van der Waals surface area contributed by atoms with E-state index in [0.717, 1.165) is 16.5 Å². The van der Waals surface area contributed by atoms with Gasteiger partial charge >= 0.3 is 6.18 Å². The number of rotatable bonds is 9. The van der Waals surface area contributed by atoms with Gasteiger partial charge in [0.15, 0.2) is 0 Å². The van der Waals surface area contributed by atoms with E-state index in [0.29, 0.717) is 12.0 Å². The number of nitrogens with two attached hydrogens (primary N) is 1. The van der Waals surface area contributed by atoms with Crippen LogP contribution < -0.4 is 11.1 Å². The molecule has 6 nitrogen and oxygen atoms in total. The maximum atomic E-state index is 14.1. The predicted molar refractivity (Wildman–Crippen MR) is 115 cm³/mol. The van der Waals surface area contributed by atoms with Crippen LogP contribution in [0.2, 0.25) is 0 Å². The van der Waals surface area contributed by atoms with Crippen LogP contribution in [0.25, 0.3) is 10.9 Å². The number of pyridine rings is 1. The molecule has 0 bridgehead atoms. The van der Waals surface area contributed by atoms with E-state index >= 15 is 0 Å². The highest BCUT2D eigenvalue weighted by Crippen LogP contribution is 2.67. The van der Waals surface area contributed by atoms with E-state index in [9.17, 15) is 18.0 Å². The van der Waals surface area contributed by atoms with Gasteiger partial charge in [-0.3, -0.25) is 14.9 Å². The van der Waals surface area contributed by atoms with Gasteiger partial charge in [-0.25, -0.2) is 0 Å². The third-order valence-electron chi connectivity index (χ3n) is 6.69. The topological polar surface area (TPSA) is 96.7 Å². The summed E-state index contributed by atoms with van der Waals surface area (Å²) in [5.41, 5.74) is 6.10. The minimum atomic E-state index is -4.43. The largest absolute Gasteiger partial charge is 0.395 e. The summed E-state index contributed by atoms with van der Waals surface area (Å²) in [4.78, 5) is 16.6. The summed E-state index contributed by atoms with van der Waals surface area (Å²) in [5.74, 6) is -2.78. The van der Waals surface area contributed by atoms with Gasteiger partial charge in [-0.05, 0) is 62.1 Å². The molecule has 2 unspecified atom stereocenters. The Labute approximate surface area is 183 Å². The number of carbonyl (C=O) groups excluding carboxylic acids is 1. The standard InChI is InChI=1S/C23H26F3N5O/c1-28-17(10-14-4-5-19-16(9-14)13-30-31-19)11-18(21(27)32)20(15-3-2-8-29-12-15)22(6-7-22)23(24,25)26/h2-5,8-9,12-13,17-18,20,28H,6-7,10-11H2,1H3,(H2,27,32)(H,30,31)/t17-,18?,20?/m1/s1. The van der Waals surface area contributed by atoms with Crippen molar-refractivity contribution in [3.05, 3.63) is 60.0 Å². The number of nitrogens with one attached hydrogen (secondary N) is 2. The highest BCUT2D eigenvalue weighted by atomic mass is 19.4. The van der Waals surface area contributed by atoms with Crippen LogP contribution in [0.15, 0.2) is 48.9 Å². The number of H-pyrrole nitrogens is 1. The molecule has 9 heteroatoms. The smallest absolute Gasteiger partial charge is 0.369 e. The van der Waals surface area contributed by atoms with Crippen molar-refractivity contribution in [3.63, 3.8) is 0 Å². The molecule has 1 aliphatic rings. The zero-order valence-electron chi connectivity index (χ0n) is 17.7. The number of amides is 1. The number of alkyl halides is 3. The summed E-state index contributed by atoms with van der Waals surface area (Å²) in [6.45, 7) is 0. The molecule has 4 N–H and O–H groups in total. The van der Waals surface area contributed by atoms with E-state index in [4.69, 9.17) is 5.73 Å². The summed E-state index contributed by atoms with van der Waals surface area (Å²) in [6, 6.07) is 8.82. The van der Waals surface area contributed by atoms with E-state index in [-0.39, 0.29) is 25.3 Å². The van der Waals surface area contributed by atoms with Crippen molar-refractivity contribution in [2.75, 3.05) is 7.05 Å². The van der Waals surface area contributed by atoms with Gasteiger partial charge in [0, 0.05) is 35.7 Å². The van der Waals surface area contributed by atoms with Gasteiger partial charge in [-0.1, -0.05) is 12.1 Å². The molecule has 0 spiro atoms. The molecule has 1 saturated carbocycles. The molecule has 3 aromatic rings. The van der Waals surface area contributed by atoms with Gasteiger partial charge in [0.05, 0.1) is 17.1 Å². The molecule has 1 fully saturated rings. The molecule has 32 heavy (non-hydrogen) atoms. The Hall–Kier alpha value is -2.94. The van der Waals surface area contributed by atoms with Gasteiger partial charge in [0.25, 0.3) is 0 Å². The second-order valence-electron chi connectivity index (χ2n) is 8.64.